The first-order valence-corrected chi connectivity index (χ1v) is 6.92. The second-order valence-electron chi connectivity index (χ2n) is 5.83. The van der Waals surface area contributed by atoms with Gasteiger partial charge in [0.2, 0.25) is 0 Å². The van der Waals surface area contributed by atoms with Crippen molar-refractivity contribution in [2.24, 2.45) is 17.6 Å². The topological polar surface area (TPSA) is 43.1 Å². The van der Waals surface area contributed by atoms with E-state index in [9.17, 15) is 4.79 Å². The van der Waals surface area contributed by atoms with E-state index in [1.165, 1.54) is 11.1 Å². The van der Waals surface area contributed by atoms with Crippen molar-refractivity contribution in [2.45, 2.75) is 39.0 Å². The molecular weight excluding hydrogens is 222 g/mol. The number of rotatable bonds is 6. The molecule has 2 nitrogen and oxygen atoms in total. The summed E-state index contributed by atoms with van der Waals surface area (Å²) in [5.74, 6) is 1.38. The van der Waals surface area contributed by atoms with Crippen LogP contribution in [-0.2, 0) is 11.2 Å². The van der Waals surface area contributed by atoms with Gasteiger partial charge in [-0.1, -0.05) is 38.1 Å². The van der Waals surface area contributed by atoms with Crippen LogP contribution in [0.2, 0.25) is 0 Å². The van der Waals surface area contributed by atoms with E-state index in [0.717, 1.165) is 12.8 Å². The number of Topliss-reactive ketones (excluding diaryl/α,β-unsaturated/α-hetero) is 1. The van der Waals surface area contributed by atoms with Gasteiger partial charge in [0.15, 0.2) is 0 Å². The summed E-state index contributed by atoms with van der Waals surface area (Å²) in [6.45, 7) is 4.79. The fraction of sp³-hybridized carbons (Fsp3) is 0.562. The highest BCUT2D eigenvalue weighted by atomic mass is 16.1. The molecule has 1 aliphatic rings. The maximum Gasteiger partial charge on any atom is 0.137 e. The Kier molecular flexibility index (Phi) is 4.18. The molecule has 0 saturated carbocycles. The summed E-state index contributed by atoms with van der Waals surface area (Å²) in [6, 6.07) is 8.43. The lowest BCUT2D eigenvalue weighted by Crippen LogP contribution is -2.29. The van der Waals surface area contributed by atoms with Crippen LogP contribution in [0.5, 0.6) is 0 Å². The van der Waals surface area contributed by atoms with Gasteiger partial charge in [0.1, 0.15) is 5.78 Å². The predicted octanol–water partition coefficient (Wildman–Crippen LogP) is 2.91. The van der Waals surface area contributed by atoms with E-state index < -0.39 is 0 Å². The zero-order valence-corrected chi connectivity index (χ0v) is 11.4. The summed E-state index contributed by atoms with van der Waals surface area (Å²) in [5.41, 5.74) is 8.50. The smallest absolute Gasteiger partial charge is 0.137 e. The van der Waals surface area contributed by atoms with Crippen LogP contribution in [0.15, 0.2) is 24.3 Å². The van der Waals surface area contributed by atoms with Crippen molar-refractivity contribution < 1.29 is 4.79 Å². The summed E-state index contributed by atoms with van der Waals surface area (Å²) >= 11 is 0. The zero-order valence-electron chi connectivity index (χ0n) is 11.4. The first-order chi connectivity index (χ1) is 8.61. The highest BCUT2D eigenvalue weighted by molar-refractivity contribution is 5.82. The van der Waals surface area contributed by atoms with Crippen molar-refractivity contribution in [3.8, 4) is 0 Å². The van der Waals surface area contributed by atoms with Crippen LogP contribution in [0, 0.1) is 11.8 Å². The minimum Gasteiger partial charge on any atom is -0.330 e. The Hall–Kier alpha value is -1.15. The Bertz CT molecular complexity index is 425. The molecule has 0 fully saturated rings. The largest absolute Gasteiger partial charge is 0.330 e. The van der Waals surface area contributed by atoms with E-state index in [4.69, 9.17) is 5.73 Å². The molecule has 18 heavy (non-hydrogen) atoms. The molecule has 0 heterocycles. The molecule has 0 saturated heterocycles. The summed E-state index contributed by atoms with van der Waals surface area (Å²) in [7, 11) is 0. The number of carbonyl (C=O) groups excluding carboxylic acids is 1. The number of carbonyl (C=O) groups is 1. The molecule has 98 valence electrons. The molecule has 2 atom stereocenters. The van der Waals surface area contributed by atoms with Crippen molar-refractivity contribution in [3.05, 3.63) is 35.4 Å². The second kappa shape index (κ2) is 5.66. The van der Waals surface area contributed by atoms with Gasteiger partial charge in [0.05, 0.1) is 0 Å². The molecule has 2 heteroatoms. The predicted molar refractivity (Wildman–Crippen MR) is 74.5 cm³/mol. The van der Waals surface area contributed by atoms with E-state index in [1.54, 1.807) is 0 Å². The van der Waals surface area contributed by atoms with Gasteiger partial charge in [-0.2, -0.15) is 0 Å². The van der Waals surface area contributed by atoms with Crippen LogP contribution >= 0.6 is 0 Å². The molecule has 1 aromatic carbocycles. The molecule has 0 bridgehead atoms. The SMILES string of the molecule is CC(C)CC(CN)C(=O)CC1Cc2ccccc21. The molecule has 2 rings (SSSR count). The molecule has 2 unspecified atom stereocenters. The fourth-order valence-electron chi connectivity index (χ4n) is 2.88. The van der Waals surface area contributed by atoms with E-state index >= 15 is 0 Å². The quantitative estimate of drug-likeness (QED) is 0.837. The van der Waals surface area contributed by atoms with E-state index in [2.05, 4.69) is 38.1 Å². The monoisotopic (exact) mass is 245 g/mol. The second-order valence-corrected chi connectivity index (χ2v) is 5.83. The molecule has 0 amide bonds. The Morgan fingerprint density at radius 3 is 2.72 bits per heavy atom. The summed E-state index contributed by atoms with van der Waals surface area (Å²) in [4.78, 5) is 12.2. The molecule has 0 aromatic heterocycles. The minimum atomic E-state index is 0.0535. The number of hydrogen-bond donors (Lipinski definition) is 1. The maximum atomic E-state index is 12.2. The number of benzene rings is 1. The third-order valence-corrected chi connectivity index (χ3v) is 3.90. The molecule has 0 aliphatic heterocycles. The minimum absolute atomic E-state index is 0.0535. The van der Waals surface area contributed by atoms with Crippen molar-refractivity contribution >= 4 is 5.78 Å². The normalized spacial score (nSPS) is 19.2. The lowest BCUT2D eigenvalue weighted by molar-refractivity contribution is -0.123. The van der Waals surface area contributed by atoms with Gasteiger partial charge in [-0.05, 0) is 35.8 Å². The summed E-state index contributed by atoms with van der Waals surface area (Å²) in [6.07, 6.45) is 2.65. The average Bonchev–Trinajstić information content (AvgIpc) is 2.32. The van der Waals surface area contributed by atoms with Crippen molar-refractivity contribution in [2.75, 3.05) is 6.54 Å². The molecule has 1 aliphatic carbocycles. The summed E-state index contributed by atoms with van der Waals surface area (Å²) < 4.78 is 0. The number of hydrogen-bond acceptors (Lipinski definition) is 2. The first-order valence-electron chi connectivity index (χ1n) is 6.92. The van der Waals surface area contributed by atoms with Gasteiger partial charge in [-0.15, -0.1) is 0 Å². The third-order valence-electron chi connectivity index (χ3n) is 3.90. The van der Waals surface area contributed by atoms with E-state index in [-0.39, 0.29) is 5.92 Å². The van der Waals surface area contributed by atoms with E-state index in [1.807, 2.05) is 0 Å². The molecule has 1 aromatic rings. The Balaban J connectivity index is 1.93. The van der Waals surface area contributed by atoms with Crippen molar-refractivity contribution in [3.63, 3.8) is 0 Å². The number of nitrogens with two attached hydrogens (primary N) is 1. The highest BCUT2D eigenvalue weighted by Crippen LogP contribution is 2.38. The fourth-order valence-corrected chi connectivity index (χ4v) is 2.88. The van der Waals surface area contributed by atoms with Crippen LogP contribution in [0.1, 0.15) is 43.7 Å². The zero-order chi connectivity index (χ0) is 13.1. The molecule has 0 spiro atoms. The maximum absolute atomic E-state index is 12.2. The highest BCUT2D eigenvalue weighted by Gasteiger charge is 2.29. The Labute approximate surface area is 110 Å². The Morgan fingerprint density at radius 2 is 2.11 bits per heavy atom. The van der Waals surface area contributed by atoms with Crippen LogP contribution in [0.4, 0.5) is 0 Å². The first kappa shape index (κ1) is 13.3. The van der Waals surface area contributed by atoms with Gasteiger partial charge in [0.25, 0.3) is 0 Å². The standard InChI is InChI=1S/C16H23NO/c1-11(2)7-14(10-17)16(18)9-13-8-12-5-3-4-6-15(12)13/h3-6,11,13-14H,7-10,17H2,1-2H3. The third kappa shape index (κ3) is 2.81. The van der Waals surface area contributed by atoms with Gasteiger partial charge in [-0.25, -0.2) is 0 Å². The van der Waals surface area contributed by atoms with Gasteiger partial charge < -0.3 is 5.73 Å². The van der Waals surface area contributed by atoms with Gasteiger partial charge >= 0.3 is 0 Å². The van der Waals surface area contributed by atoms with Crippen molar-refractivity contribution in [1.29, 1.82) is 0 Å². The van der Waals surface area contributed by atoms with Gasteiger partial charge in [-0.3, -0.25) is 4.79 Å². The average molecular weight is 245 g/mol. The van der Waals surface area contributed by atoms with E-state index in [0.29, 0.717) is 30.6 Å². The lowest BCUT2D eigenvalue weighted by atomic mass is 9.73. The van der Waals surface area contributed by atoms with Crippen LogP contribution < -0.4 is 5.73 Å². The molecule has 0 radical (unpaired) electrons. The number of ketones is 1. The van der Waals surface area contributed by atoms with Gasteiger partial charge in [0, 0.05) is 18.9 Å². The molecule has 2 N–H and O–H groups in total. The van der Waals surface area contributed by atoms with Crippen LogP contribution in [-0.4, -0.2) is 12.3 Å². The van der Waals surface area contributed by atoms with Crippen molar-refractivity contribution in [1.82, 2.24) is 0 Å². The lowest BCUT2D eigenvalue weighted by Gasteiger charge is -2.30. The molecular formula is C16H23NO. The summed E-state index contributed by atoms with van der Waals surface area (Å²) in [5, 5.41) is 0. The number of fused-ring (bicyclic) bond motifs is 1. The van der Waals surface area contributed by atoms with Crippen LogP contribution in [0.25, 0.3) is 0 Å². The van der Waals surface area contributed by atoms with Crippen LogP contribution in [0.3, 0.4) is 0 Å². The Morgan fingerprint density at radius 1 is 1.39 bits per heavy atom.